The molecule has 0 aliphatic heterocycles. The Labute approximate surface area is 107 Å². The van der Waals surface area contributed by atoms with Gasteiger partial charge in [0.2, 0.25) is 5.91 Å². The van der Waals surface area contributed by atoms with Crippen LogP contribution in [-0.4, -0.2) is 37.0 Å². The van der Waals surface area contributed by atoms with Crippen LogP contribution < -0.4 is 5.32 Å². The number of unbranched alkanes of at least 4 members (excludes halogenated alkanes) is 4. The van der Waals surface area contributed by atoms with Crippen molar-refractivity contribution < 1.29 is 4.79 Å². The van der Waals surface area contributed by atoms with Crippen molar-refractivity contribution in [2.75, 3.05) is 26.2 Å². The molecule has 0 aromatic carbocycles. The zero-order valence-corrected chi connectivity index (χ0v) is 11.9. The molecule has 0 atom stereocenters. The highest BCUT2D eigenvalue weighted by Crippen LogP contribution is 2.03. The van der Waals surface area contributed by atoms with Crippen LogP contribution >= 0.6 is 0 Å². The van der Waals surface area contributed by atoms with Gasteiger partial charge in [-0.2, -0.15) is 0 Å². The summed E-state index contributed by atoms with van der Waals surface area (Å²) in [6.45, 7) is 9.65. The van der Waals surface area contributed by atoms with Crippen LogP contribution in [0.5, 0.6) is 0 Å². The van der Waals surface area contributed by atoms with Crippen molar-refractivity contribution in [3.8, 4) is 0 Å². The minimum absolute atomic E-state index is 0.263. The molecule has 1 amide bonds. The molecule has 0 radical (unpaired) electrons. The quantitative estimate of drug-likeness (QED) is 0.565. The number of carbonyl (C=O) groups is 1. The van der Waals surface area contributed by atoms with Gasteiger partial charge in [0.15, 0.2) is 0 Å². The molecular formula is C14H30N2O. The third-order valence-corrected chi connectivity index (χ3v) is 2.94. The molecule has 102 valence electrons. The van der Waals surface area contributed by atoms with Gasteiger partial charge in [-0.3, -0.25) is 4.79 Å². The number of amides is 1. The van der Waals surface area contributed by atoms with Crippen LogP contribution in [0.25, 0.3) is 0 Å². The Morgan fingerprint density at radius 2 is 1.47 bits per heavy atom. The Morgan fingerprint density at radius 3 is 1.88 bits per heavy atom. The van der Waals surface area contributed by atoms with E-state index in [1.165, 1.54) is 25.7 Å². The van der Waals surface area contributed by atoms with E-state index < -0.39 is 0 Å². The molecule has 0 aromatic heterocycles. The van der Waals surface area contributed by atoms with Crippen molar-refractivity contribution in [2.45, 2.75) is 59.3 Å². The van der Waals surface area contributed by atoms with E-state index in [1.807, 2.05) is 11.8 Å². The van der Waals surface area contributed by atoms with Crippen LogP contribution in [0.15, 0.2) is 0 Å². The Hall–Kier alpha value is -0.570. The van der Waals surface area contributed by atoms with Crippen molar-refractivity contribution in [1.29, 1.82) is 0 Å². The number of hydrogen-bond donors (Lipinski definition) is 1. The van der Waals surface area contributed by atoms with Gasteiger partial charge in [-0.05, 0) is 19.4 Å². The number of hydrogen-bond acceptors (Lipinski definition) is 2. The van der Waals surface area contributed by atoms with Crippen LogP contribution in [0.3, 0.4) is 0 Å². The molecule has 3 nitrogen and oxygen atoms in total. The fourth-order valence-electron chi connectivity index (χ4n) is 1.81. The first kappa shape index (κ1) is 16.4. The highest BCUT2D eigenvalue weighted by atomic mass is 16.2. The van der Waals surface area contributed by atoms with Crippen LogP contribution in [0.4, 0.5) is 0 Å². The maximum absolute atomic E-state index is 12.0. The summed E-state index contributed by atoms with van der Waals surface area (Å²) in [6, 6.07) is 0. The summed E-state index contributed by atoms with van der Waals surface area (Å²) in [5.74, 6) is 0.263. The molecule has 0 spiro atoms. The van der Waals surface area contributed by atoms with Gasteiger partial charge < -0.3 is 10.2 Å². The van der Waals surface area contributed by atoms with Crippen molar-refractivity contribution in [3.63, 3.8) is 0 Å². The molecule has 17 heavy (non-hydrogen) atoms. The van der Waals surface area contributed by atoms with E-state index in [4.69, 9.17) is 0 Å². The predicted molar refractivity (Wildman–Crippen MR) is 74.2 cm³/mol. The third-order valence-electron chi connectivity index (χ3n) is 2.94. The molecule has 0 aliphatic carbocycles. The van der Waals surface area contributed by atoms with Gasteiger partial charge in [-0.1, -0.05) is 46.5 Å². The molecular weight excluding hydrogens is 212 g/mol. The van der Waals surface area contributed by atoms with E-state index in [2.05, 4.69) is 19.2 Å². The SMILES string of the molecule is CCCCCN(CCCCC)C(=O)CNCC. The first-order valence-electron chi connectivity index (χ1n) is 7.24. The van der Waals surface area contributed by atoms with Gasteiger partial charge in [-0.15, -0.1) is 0 Å². The van der Waals surface area contributed by atoms with Crippen LogP contribution in [-0.2, 0) is 4.79 Å². The Kier molecular flexibility index (Phi) is 11.5. The third kappa shape index (κ3) is 9.16. The van der Waals surface area contributed by atoms with E-state index in [9.17, 15) is 4.79 Å². The summed E-state index contributed by atoms with van der Waals surface area (Å²) in [4.78, 5) is 14.0. The number of rotatable bonds is 11. The molecule has 1 N–H and O–H groups in total. The number of carbonyl (C=O) groups excluding carboxylic acids is 1. The molecule has 0 saturated carbocycles. The zero-order chi connectivity index (χ0) is 12.9. The number of nitrogens with zero attached hydrogens (tertiary/aromatic N) is 1. The second-order valence-corrected chi connectivity index (χ2v) is 4.58. The van der Waals surface area contributed by atoms with Gasteiger partial charge in [0.05, 0.1) is 6.54 Å². The smallest absolute Gasteiger partial charge is 0.236 e. The summed E-state index contributed by atoms with van der Waals surface area (Å²) in [5.41, 5.74) is 0. The van der Waals surface area contributed by atoms with Gasteiger partial charge in [0, 0.05) is 13.1 Å². The largest absolute Gasteiger partial charge is 0.342 e. The standard InChI is InChI=1S/C14H30N2O/c1-4-7-9-11-16(12-10-8-5-2)14(17)13-15-6-3/h15H,4-13H2,1-3H3. The lowest BCUT2D eigenvalue weighted by Gasteiger charge is -2.22. The van der Waals surface area contributed by atoms with Crippen molar-refractivity contribution >= 4 is 5.91 Å². The van der Waals surface area contributed by atoms with Crippen molar-refractivity contribution in [3.05, 3.63) is 0 Å². The molecule has 0 fully saturated rings. The fourth-order valence-corrected chi connectivity index (χ4v) is 1.81. The van der Waals surface area contributed by atoms with Crippen LogP contribution in [0.2, 0.25) is 0 Å². The van der Waals surface area contributed by atoms with Crippen LogP contribution in [0, 0.1) is 0 Å². The normalized spacial score (nSPS) is 10.5. The molecule has 0 rings (SSSR count). The molecule has 0 unspecified atom stereocenters. The second-order valence-electron chi connectivity index (χ2n) is 4.58. The monoisotopic (exact) mass is 242 g/mol. The summed E-state index contributed by atoms with van der Waals surface area (Å²) in [6.07, 6.45) is 7.15. The summed E-state index contributed by atoms with van der Waals surface area (Å²) < 4.78 is 0. The first-order chi connectivity index (χ1) is 8.26. The Balaban J connectivity index is 3.94. The van der Waals surface area contributed by atoms with Gasteiger partial charge in [0.1, 0.15) is 0 Å². The number of nitrogens with one attached hydrogen (secondary N) is 1. The average Bonchev–Trinajstić information content (AvgIpc) is 2.34. The van der Waals surface area contributed by atoms with E-state index in [0.29, 0.717) is 6.54 Å². The Bertz CT molecular complexity index is 173. The van der Waals surface area contributed by atoms with E-state index in [-0.39, 0.29) is 5.91 Å². The maximum Gasteiger partial charge on any atom is 0.236 e. The highest BCUT2D eigenvalue weighted by molar-refractivity contribution is 5.78. The number of likely N-dealkylation sites (N-methyl/N-ethyl adjacent to an activating group) is 1. The first-order valence-corrected chi connectivity index (χ1v) is 7.24. The summed E-state index contributed by atoms with van der Waals surface area (Å²) in [7, 11) is 0. The van der Waals surface area contributed by atoms with E-state index in [1.54, 1.807) is 0 Å². The highest BCUT2D eigenvalue weighted by Gasteiger charge is 2.11. The molecule has 0 aliphatic rings. The minimum atomic E-state index is 0.263. The maximum atomic E-state index is 12.0. The van der Waals surface area contributed by atoms with Gasteiger partial charge in [0.25, 0.3) is 0 Å². The van der Waals surface area contributed by atoms with Crippen molar-refractivity contribution in [2.24, 2.45) is 0 Å². The topological polar surface area (TPSA) is 32.3 Å². The predicted octanol–water partition coefficient (Wildman–Crippen LogP) is 2.80. The molecule has 0 aromatic rings. The Morgan fingerprint density at radius 1 is 0.941 bits per heavy atom. The second kappa shape index (κ2) is 11.9. The van der Waals surface area contributed by atoms with E-state index >= 15 is 0 Å². The summed E-state index contributed by atoms with van der Waals surface area (Å²) in [5, 5.41) is 3.12. The average molecular weight is 242 g/mol. The zero-order valence-electron chi connectivity index (χ0n) is 11.9. The molecule has 0 bridgehead atoms. The lowest BCUT2D eigenvalue weighted by molar-refractivity contribution is -0.130. The lowest BCUT2D eigenvalue weighted by atomic mass is 10.2. The lowest BCUT2D eigenvalue weighted by Crippen LogP contribution is -2.39. The minimum Gasteiger partial charge on any atom is -0.342 e. The molecule has 0 saturated heterocycles. The summed E-state index contributed by atoms with van der Waals surface area (Å²) >= 11 is 0. The molecule has 3 heteroatoms. The van der Waals surface area contributed by atoms with E-state index in [0.717, 1.165) is 32.5 Å². The van der Waals surface area contributed by atoms with Crippen LogP contribution in [0.1, 0.15) is 59.3 Å². The fraction of sp³-hybridized carbons (Fsp3) is 0.929. The molecule has 0 heterocycles. The van der Waals surface area contributed by atoms with Gasteiger partial charge in [-0.25, -0.2) is 0 Å². The van der Waals surface area contributed by atoms with Crippen molar-refractivity contribution in [1.82, 2.24) is 10.2 Å². The van der Waals surface area contributed by atoms with Gasteiger partial charge >= 0.3 is 0 Å².